The number of halogens is 2. The summed E-state index contributed by atoms with van der Waals surface area (Å²) in [7, 11) is 0. The Hall–Kier alpha value is -4.05. The van der Waals surface area contributed by atoms with Crippen LogP contribution in [0.15, 0.2) is 55.0 Å². The van der Waals surface area contributed by atoms with Crippen molar-refractivity contribution in [3.63, 3.8) is 0 Å². The SMILES string of the molecule is Cc1c(Oc2ccc(F)c(-c3ccn(Cc4cnc(CCC(N)=O)s4)n3)c2)c(F)cc2[nH]ccc12. The molecule has 0 saturated heterocycles. The number of H-pyrrole nitrogens is 1. The van der Waals surface area contributed by atoms with Crippen molar-refractivity contribution in [3.05, 3.63) is 82.1 Å². The van der Waals surface area contributed by atoms with Crippen LogP contribution in [0.4, 0.5) is 8.78 Å². The second-order valence-electron chi connectivity index (χ2n) is 8.08. The fourth-order valence-electron chi connectivity index (χ4n) is 3.85. The number of rotatable bonds is 8. The van der Waals surface area contributed by atoms with Crippen LogP contribution in [0, 0.1) is 18.6 Å². The highest BCUT2D eigenvalue weighted by Crippen LogP contribution is 2.35. The monoisotopic (exact) mass is 493 g/mol. The normalized spacial score (nSPS) is 11.3. The van der Waals surface area contributed by atoms with E-state index < -0.39 is 11.6 Å². The smallest absolute Gasteiger partial charge is 0.217 e. The highest BCUT2D eigenvalue weighted by atomic mass is 32.1. The van der Waals surface area contributed by atoms with Crippen LogP contribution < -0.4 is 10.5 Å². The number of carbonyl (C=O) groups excluding carboxylic acids is 1. The van der Waals surface area contributed by atoms with Crippen molar-refractivity contribution >= 4 is 28.1 Å². The Morgan fingerprint density at radius 2 is 2.06 bits per heavy atom. The summed E-state index contributed by atoms with van der Waals surface area (Å²) in [4.78, 5) is 19.2. The van der Waals surface area contributed by atoms with Gasteiger partial charge in [0.15, 0.2) is 11.6 Å². The van der Waals surface area contributed by atoms with E-state index >= 15 is 0 Å². The van der Waals surface area contributed by atoms with Crippen molar-refractivity contribution in [3.8, 4) is 22.8 Å². The number of hydrogen-bond donors (Lipinski definition) is 2. The van der Waals surface area contributed by atoms with Crippen LogP contribution in [-0.2, 0) is 17.8 Å². The van der Waals surface area contributed by atoms with E-state index in [2.05, 4.69) is 15.1 Å². The highest BCUT2D eigenvalue weighted by Gasteiger charge is 2.16. The van der Waals surface area contributed by atoms with Crippen molar-refractivity contribution in [1.29, 1.82) is 0 Å². The van der Waals surface area contributed by atoms with Crippen LogP contribution in [0.25, 0.3) is 22.2 Å². The zero-order chi connectivity index (χ0) is 24.5. The summed E-state index contributed by atoms with van der Waals surface area (Å²) in [6.07, 6.45) is 5.96. The fraction of sp³-hybridized carbons (Fsp3) is 0.160. The van der Waals surface area contributed by atoms with Gasteiger partial charge < -0.3 is 15.5 Å². The molecule has 0 fully saturated rings. The minimum atomic E-state index is -0.507. The number of ether oxygens (including phenoxy) is 1. The van der Waals surface area contributed by atoms with Gasteiger partial charge >= 0.3 is 0 Å². The van der Waals surface area contributed by atoms with E-state index in [0.29, 0.717) is 35.5 Å². The first-order valence-electron chi connectivity index (χ1n) is 10.9. The predicted octanol–water partition coefficient (Wildman–Crippen LogP) is 5.33. The highest BCUT2D eigenvalue weighted by molar-refractivity contribution is 7.11. The molecule has 0 aliphatic rings. The van der Waals surface area contributed by atoms with Gasteiger partial charge in [0.25, 0.3) is 0 Å². The van der Waals surface area contributed by atoms with Gasteiger partial charge in [0.1, 0.15) is 11.6 Å². The molecule has 0 radical (unpaired) electrons. The molecule has 0 unspecified atom stereocenters. The van der Waals surface area contributed by atoms with Crippen molar-refractivity contribution in [1.82, 2.24) is 19.7 Å². The molecule has 3 N–H and O–H groups in total. The number of carbonyl (C=O) groups is 1. The first-order chi connectivity index (χ1) is 16.9. The number of thiazole rings is 1. The van der Waals surface area contributed by atoms with Gasteiger partial charge in [-0.3, -0.25) is 9.48 Å². The summed E-state index contributed by atoms with van der Waals surface area (Å²) in [5.74, 6) is -0.943. The minimum Gasteiger partial charge on any atom is -0.454 e. The zero-order valence-electron chi connectivity index (χ0n) is 18.7. The standard InChI is InChI=1S/C25H21F2N5O2S/c1-14-17-6-8-29-22(17)11-20(27)25(14)34-15-2-3-19(26)18(10-15)21-7-9-32(31-21)13-16-12-30-24(35-16)5-4-23(28)33/h2-3,6-12,29H,4-5,13H2,1H3,(H2,28,33). The topological polar surface area (TPSA) is 98.8 Å². The molecule has 0 bridgehead atoms. The maximum Gasteiger partial charge on any atom is 0.217 e. The van der Waals surface area contributed by atoms with Crippen LogP contribution in [0.3, 0.4) is 0 Å². The number of aromatic nitrogens is 4. The average molecular weight is 494 g/mol. The second kappa shape index (κ2) is 9.30. The predicted molar refractivity (Wildman–Crippen MR) is 129 cm³/mol. The molecule has 2 aromatic carbocycles. The lowest BCUT2D eigenvalue weighted by atomic mass is 10.1. The molecule has 10 heteroatoms. The number of aryl methyl sites for hydroxylation is 2. The zero-order valence-corrected chi connectivity index (χ0v) is 19.5. The molecule has 3 heterocycles. The van der Waals surface area contributed by atoms with Gasteiger partial charge in [0.05, 0.1) is 17.2 Å². The molecule has 35 heavy (non-hydrogen) atoms. The number of nitrogens with zero attached hydrogens (tertiary/aromatic N) is 3. The molecule has 0 spiro atoms. The summed E-state index contributed by atoms with van der Waals surface area (Å²) < 4.78 is 36.9. The van der Waals surface area contributed by atoms with Gasteiger partial charge in [-0.25, -0.2) is 13.8 Å². The third kappa shape index (κ3) is 4.78. The molecule has 0 atom stereocenters. The number of aromatic amines is 1. The molecule has 0 saturated carbocycles. The molecule has 3 aromatic heterocycles. The largest absolute Gasteiger partial charge is 0.454 e. The molecule has 0 aliphatic heterocycles. The van der Waals surface area contributed by atoms with Crippen molar-refractivity contribution in [2.45, 2.75) is 26.3 Å². The Morgan fingerprint density at radius 3 is 2.89 bits per heavy atom. The van der Waals surface area contributed by atoms with Gasteiger partial charge in [-0.05, 0) is 37.3 Å². The van der Waals surface area contributed by atoms with Crippen molar-refractivity contribution in [2.75, 3.05) is 0 Å². The molecule has 178 valence electrons. The van der Waals surface area contributed by atoms with E-state index in [0.717, 1.165) is 15.3 Å². The third-order valence-electron chi connectivity index (χ3n) is 5.59. The Morgan fingerprint density at radius 1 is 1.20 bits per heavy atom. The van der Waals surface area contributed by atoms with Crippen LogP contribution in [0.5, 0.6) is 11.5 Å². The van der Waals surface area contributed by atoms with E-state index in [9.17, 15) is 13.6 Å². The summed E-state index contributed by atoms with van der Waals surface area (Å²) >= 11 is 1.47. The molecule has 7 nitrogen and oxygen atoms in total. The maximum absolute atomic E-state index is 14.7. The number of amides is 1. The Bertz CT molecular complexity index is 1540. The lowest BCUT2D eigenvalue weighted by molar-refractivity contribution is -0.117. The molecular formula is C25H21F2N5O2S. The number of nitrogens with one attached hydrogen (secondary N) is 1. The van der Waals surface area contributed by atoms with Crippen LogP contribution in [-0.4, -0.2) is 25.7 Å². The molecule has 1 amide bonds. The lowest BCUT2D eigenvalue weighted by Crippen LogP contribution is -2.10. The first-order valence-corrected chi connectivity index (χ1v) is 11.7. The van der Waals surface area contributed by atoms with E-state index in [1.165, 1.54) is 35.6 Å². The molecule has 0 aliphatic carbocycles. The first kappa shape index (κ1) is 22.7. The fourth-order valence-corrected chi connectivity index (χ4v) is 4.76. The van der Waals surface area contributed by atoms with E-state index in [4.69, 9.17) is 10.5 Å². The number of nitrogens with two attached hydrogens (primary N) is 1. The van der Waals surface area contributed by atoms with Crippen LogP contribution in [0.2, 0.25) is 0 Å². The Balaban J connectivity index is 1.36. The molecule has 5 aromatic rings. The van der Waals surface area contributed by atoms with Gasteiger partial charge in [-0.1, -0.05) is 0 Å². The van der Waals surface area contributed by atoms with Gasteiger partial charge in [0, 0.05) is 64.4 Å². The molecular weight excluding hydrogens is 472 g/mol. The average Bonchev–Trinajstić information content (AvgIpc) is 3.58. The van der Waals surface area contributed by atoms with Crippen LogP contribution in [0.1, 0.15) is 21.9 Å². The summed E-state index contributed by atoms with van der Waals surface area (Å²) in [6.45, 7) is 2.23. The van der Waals surface area contributed by atoms with Crippen LogP contribution >= 0.6 is 11.3 Å². The summed E-state index contributed by atoms with van der Waals surface area (Å²) in [6, 6.07) is 9.18. The van der Waals surface area contributed by atoms with Crippen molar-refractivity contribution < 1.29 is 18.3 Å². The van der Waals surface area contributed by atoms with Gasteiger partial charge in [0.2, 0.25) is 5.91 Å². The second-order valence-corrected chi connectivity index (χ2v) is 9.28. The quantitative estimate of drug-likeness (QED) is 0.305. The summed E-state index contributed by atoms with van der Waals surface area (Å²) in [5.41, 5.74) is 7.18. The Kier molecular flexibility index (Phi) is 6.04. The maximum atomic E-state index is 14.7. The number of fused-ring (bicyclic) bond motifs is 1. The lowest BCUT2D eigenvalue weighted by Gasteiger charge is -2.12. The minimum absolute atomic E-state index is 0.0949. The van der Waals surface area contributed by atoms with E-state index in [1.54, 1.807) is 36.3 Å². The number of benzene rings is 2. The molecule has 5 rings (SSSR count). The Labute approximate surface area is 203 Å². The number of hydrogen-bond acceptors (Lipinski definition) is 5. The summed E-state index contributed by atoms with van der Waals surface area (Å²) in [5, 5.41) is 6.16. The van der Waals surface area contributed by atoms with Crippen molar-refractivity contribution in [2.24, 2.45) is 5.73 Å². The van der Waals surface area contributed by atoms with E-state index in [1.807, 2.05) is 6.07 Å². The van der Waals surface area contributed by atoms with Gasteiger partial charge in [-0.15, -0.1) is 11.3 Å². The van der Waals surface area contributed by atoms with Gasteiger partial charge in [-0.2, -0.15) is 5.10 Å². The number of primary amides is 1. The third-order valence-corrected chi connectivity index (χ3v) is 6.63. The van der Waals surface area contributed by atoms with E-state index in [-0.39, 0.29) is 23.6 Å².